The van der Waals surface area contributed by atoms with E-state index in [1.807, 2.05) is 43.3 Å². The zero-order valence-electron chi connectivity index (χ0n) is 17.5. The first-order chi connectivity index (χ1) is 15.1. The van der Waals surface area contributed by atoms with E-state index in [4.69, 9.17) is 13.9 Å². The fourth-order valence-corrected chi connectivity index (χ4v) is 3.78. The predicted molar refractivity (Wildman–Crippen MR) is 114 cm³/mol. The lowest BCUT2D eigenvalue weighted by Gasteiger charge is -2.33. The first-order valence-corrected chi connectivity index (χ1v) is 10.5. The van der Waals surface area contributed by atoms with E-state index < -0.39 is 11.6 Å². The van der Waals surface area contributed by atoms with Crippen LogP contribution in [0.15, 0.2) is 53.1 Å². The fourth-order valence-electron chi connectivity index (χ4n) is 3.78. The number of aryl methyl sites for hydroxylation is 1. The Morgan fingerprint density at radius 2 is 2.03 bits per heavy atom. The van der Waals surface area contributed by atoms with Crippen molar-refractivity contribution in [2.24, 2.45) is 0 Å². The van der Waals surface area contributed by atoms with Crippen molar-refractivity contribution in [3.63, 3.8) is 0 Å². The molecule has 31 heavy (non-hydrogen) atoms. The fraction of sp³-hybridized carbons (Fsp3) is 0.375. The maximum atomic E-state index is 11.8. The average molecular weight is 422 g/mol. The SMILES string of the molecule is Cc1oc(-c2ccccc2)nc1CCOc1ccc(CC2(C(=O)O)CCCCO2)cn1. The number of oxazole rings is 1. The molecule has 7 heteroatoms. The standard InChI is InChI=1S/C24H26N2O5/c1-17-20(26-22(31-17)19-7-3-2-4-8-19)11-14-29-21-10-9-18(16-25-21)15-24(23(27)28)12-5-6-13-30-24/h2-4,7-10,16H,5-6,11-15H2,1H3,(H,27,28). The van der Waals surface area contributed by atoms with Gasteiger partial charge in [0.15, 0.2) is 5.60 Å². The van der Waals surface area contributed by atoms with Gasteiger partial charge in [-0.05, 0) is 43.9 Å². The van der Waals surface area contributed by atoms with Crippen molar-refractivity contribution in [1.82, 2.24) is 9.97 Å². The van der Waals surface area contributed by atoms with Gasteiger partial charge in [0, 0.05) is 37.3 Å². The molecule has 0 aliphatic carbocycles. The number of aromatic nitrogens is 2. The third-order valence-corrected chi connectivity index (χ3v) is 5.53. The van der Waals surface area contributed by atoms with Crippen LogP contribution in [-0.4, -0.2) is 39.9 Å². The molecule has 3 aromatic rings. The lowest BCUT2D eigenvalue weighted by molar-refractivity contribution is -0.172. The van der Waals surface area contributed by atoms with Gasteiger partial charge in [-0.2, -0.15) is 0 Å². The molecule has 162 valence electrons. The number of benzene rings is 1. The second kappa shape index (κ2) is 9.31. The predicted octanol–water partition coefficient (Wildman–Crippen LogP) is 4.23. The van der Waals surface area contributed by atoms with Gasteiger partial charge in [0.1, 0.15) is 5.76 Å². The molecule has 0 radical (unpaired) electrons. The van der Waals surface area contributed by atoms with Crippen molar-refractivity contribution >= 4 is 5.97 Å². The van der Waals surface area contributed by atoms with E-state index in [1.54, 1.807) is 12.3 Å². The summed E-state index contributed by atoms with van der Waals surface area (Å²) >= 11 is 0. The number of nitrogens with zero attached hydrogens (tertiary/aromatic N) is 2. The molecular weight excluding hydrogens is 396 g/mol. The molecule has 1 N–H and O–H groups in total. The summed E-state index contributed by atoms with van der Waals surface area (Å²) in [6, 6.07) is 13.4. The van der Waals surface area contributed by atoms with Crippen LogP contribution in [0.25, 0.3) is 11.5 Å². The molecule has 3 heterocycles. The van der Waals surface area contributed by atoms with Gasteiger partial charge in [-0.1, -0.05) is 24.3 Å². The van der Waals surface area contributed by atoms with Crippen molar-refractivity contribution in [3.05, 3.63) is 65.7 Å². The first kappa shape index (κ1) is 21.1. The summed E-state index contributed by atoms with van der Waals surface area (Å²) in [6.07, 6.45) is 4.83. The molecular formula is C24H26N2O5. The quantitative estimate of drug-likeness (QED) is 0.580. The molecule has 1 fully saturated rings. The topological polar surface area (TPSA) is 94.7 Å². The minimum absolute atomic E-state index is 0.302. The molecule has 1 aromatic carbocycles. The summed E-state index contributed by atoms with van der Waals surface area (Å²) in [5.74, 6) is 0.956. The molecule has 4 rings (SSSR count). The highest BCUT2D eigenvalue weighted by molar-refractivity contribution is 5.78. The van der Waals surface area contributed by atoms with Gasteiger partial charge < -0.3 is 19.0 Å². The highest BCUT2D eigenvalue weighted by Crippen LogP contribution is 2.29. The maximum absolute atomic E-state index is 11.8. The zero-order chi connectivity index (χ0) is 21.7. The first-order valence-electron chi connectivity index (χ1n) is 10.5. The van der Waals surface area contributed by atoms with E-state index >= 15 is 0 Å². The number of hydrogen-bond donors (Lipinski definition) is 1. The zero-order valence-corrected chi connectivity index (χ0v) is 17.5. The lowest BCUT2D eigenvalue weighted by atomic mass is 9.88. The van der Waals surface area contributed by atoms with Crippen LogP contribution in [0, 0.1) is 6.92 Å². The highest BCUT2D eigenvalue weighted by Gasteiger charge is 2.41. The minimum Gasteiger partial charge on any atom is -0.479 e. The van der Waals surface area contributed by atoms with Gasteiger partial charge in [0.25, 0.3) is 0 Å². The molecule has 1 atom stereocenters. The van der Waals surface area contributed by atoms with Crippen molar-refractivity contribution in [3.8, 4) is 17.3 Å². The smallest absolute Gasteiger partial charge is 0.336 e. The van der Waals surface area contributed by atoms with Gasteiger partial charge in [0.05, 0.1) is 12.3 Å². The number of aliphatic carboxylic acids is 1. The molecule has 0 amide bonds. The van der Waals surface area contributed by atoms with Crippen LogP contribution >= 0.6 is 0 Å². The Kier molecular flexibility index (Phi) is 6.32. The summed E-state index contributed by atoms with van der Waals surface area (Å²) in [4.78, 5) is 20.7. The molecule has 0 bridgehead atoms. The van der Waals surface area contributed by atoms with Crippen molar-refractivity contribution in [2.45, 2.75) is 44.6 Å². The Morgan fingerprint density at radius 1 is 1.19 bits per heavy atom. The number of carboxylic acid groups (broad SMARTS) is 1. The van der Waals surface area contributed by atoms with Gasteiger partial charge in [0.2, 0.25) is 11.8 Å². The Morgan fingerprint density at radius 3 is 2.71 bits per heavy atom. The molecule has 0 saturated carbocycles. The summed E-state index contributed by atoms with van der Waals surface area (Å²) in [7, 11) is 0. The molecule has 7 nitrogen and oxygen atoms in total. The Bertz CT molecular complexity index is 1010. The third kappa shape index (κ3) is 4.94. The molecule has 1 saturated heterocycles. The summed E-state index contributed by atoms with van der Waals surface area (Å²) in [5.41, 5.74) is 1.46. The molecule has 1 unspecified atom stereocenters. The Hall–Kier alpha value is -3.19. The summed E-state index contributed by atoms with van der Waals surface area (Å²) in [6.45, 7) is 2.79. The van der Waals surface area contributed by atoms with E-state index in [1.165, 1.54) is 0 Å². The number of pyridine rings is 1. The van der Waals surface area contributed by atoms with E-state index in [0.29, 0.717) is 44.2 Å². The molecule has 1 aliphatic rings. The lowest BCUT2D eigenvalue weighted by Crippen LogP contribution is -2.46. The van der Waals surface area contributed by atoms with Gasteiger partial charge in [-0.25, -0.2) is 14.8 Å². The Labute approximate surface area is 181 Å². The van der Waals surface area contributed by atoms with Crippen LogP contribution < -0.4 is 4.74 Å². The minimum atomic E-state index is -1.15. The van der Waals surface area contributed by atoms with Crippen LogP contribution in [0.4, 0.5) is 0 Å². The van der Waals surface area contributed by atoms with Gasteiger partial charge in [-0.15, -0.1) is 0 Å². The van der Waals surface area contributed by atoms with E-state index in [9.17, 15) is 9.90 Å². The van der Waals surface area contributed by atoms with Crippen LogP contribution in [0.2, 0.25) is 0 Å². The van der Waals surface area contributed by atoms with Crippen molar-refractivity contribution in [1.29, 1.82) is 0 Å². The van der Waals surface area contributed by atoms with E-state index in [-0.39, 0.29) is 0 Å². The summed E-state index contributed by atoms with van der Waals surface area (Å²) < 4.78 is 17.2. The summed E-state index contributed by atoms with van der Waals surface area (Å²) in [5, 5.41) is 9.64. The average Bonchev–Trinajstić information content (AvgIpc) is 3.17. The van der Waals surface area contributed by atoms with Crippen molar-refractivity contribution < 1.29 is 23.8 Å². The van der Waals surface area contributed by atoms with Gasteiger partial charge >= 0.3 is 5.97 Å². The molecule has 1 aliphatic heterocycles. The number of rotatable bonds is 8. The second-order valence-electron chi connectivity index (χ2n) is 7.77. The second-order valence-corrected chi connectivity index (χ2v) is 7.77. The molecule has 0 spiro atoms. The normalized spacial score (nSPS) is 18.6. The van der Waals surface area contributed by atoms with Crippen LogP contribution in [-0.2, 0) is 22.4 Å². The van der Waals surface area contributed by atoms with Crippen LogP contribution in [0.1, 0.15) is 36.3 Å². The molecule has 2 aromatic heterocycles. The number of ether oxygens (including phenoxy) is 2. The van der Waals surface area contributed by atoms with Crippen LogP contribution in [0.5, 0.6) is 5.88 Å². The van der Waals surface area contributed by atoms with E-state index in [2.05, 4.69) is 9.97 Å². The monoisotopic (exact) mass is 422 g/mol. The van der Waals surface area contributed by atoms with Gasteiger partial charge in [-0.3, -0.25) is 0 Å². The number of carboxylic acids is 1. The largest absolute Gasteiger partial charge is 0.479 e. The third-order valence-electron chi connectivity index (χ3n) is 5.53. The number of hydrogen-bond acceptors (Lipinski definition) is 6. The maximum Gasteiger partial charge on any atom is 0.336 e. The Balaban J connectivity index is 1.33. The van der Waals surface area contributed by atoms with E-state index in [0.717, 1.165) is 35.4 Å². The highest BCUT2D eigenvalue weighted by atomic mass is 16.5. The number of carbonyl (C=O) groups is 1. The van der Waals surface area contributed by atoms with Crippen LogP contribution in [0.3, 0.4) is 0 Å². The van der Waals surface area contributed by atoms with Crippen molar-refractivity contribution in [2.75, 3.05) is 13.2 Å².